The summed E-state index contributed by atoms with van der Waals surface area (Å²) in [5.41, 5.74) is 1.05. The number of carbonyl (C=O) groups excluding carboxylic acids is 1. The first-order chi connectivity index (χ1) is 15.7. The van der Waals surface area contributed by atoms with Crippen LogP contribution in [0.1, 0.15) is 10.5 Å². The first-order valence-corrected chi connectivity index (χ1v) is 11.4. The van der Waals surface area contributed by atoms with Gasteiger partial charge in [-0.25, -0.2) is 23.5 Å². The van der Waals surface area contributed by atoms with Crippen molar-refractivity contribution >= 4 is 44.3 Å². The molecular formula is C22H17ClN4O5S. The van der Waals surface area contributed by atoms with E-state index in [2.05, 4.69) is 15.3 Å². The molecule has 0 radical (unpaired) electrons. The maximum Gasteiger partial charge on any atom is 0.279 e. The van der Waals surface area contributed by atoms with Crippen molar-refractivity contribution in [1.82, 2.24) is 9.97 Å². The number of sulfonamides is 1. The van der Waals surface area contributed by atoms with Gasteiger partial charge in [0.2, 0.25) is 10.0 Å². The lowest BCUT2D eigenvalue weighted by Gasteiger charge is -2.13. The molecule has 0 aliphatic rings. The summed E-state index contributed by atoms with van der Waals surface area (Å²) in [6, 6.07) is 17.3. The van der Waals surface area contributed by atoms with Gasteiger partial charge in [-0.15, -0.1) is 0 Å². The van der Waals surface area contributed by atoms with Gasteiger partial charge < -0.3 is 14.8 Å². The zero-order valence-electron chi connectivity index (χ0n) is 17.2. The van der Waals surface area contributed by atoms with Crippen LogP contribution in [0.15, 0.2) is 71.6 Å². The number of carbonyl (C=O) groups is 1. The van der Waals surface area contributed by atoms with Crippen LogP contribution in [0.5, 0.6) is 17.4 Å². The van der Waals surface area contributed by atoms with E-state index in [1.54, 1.807) is 42.5 Å². The van der Waals surface area contributed by atoms with Crippen LogP contribution < -0.4 is 19.9 Å². The van der Waals surface area contributed by atoms with Crippen molar-refractivity contribution in [2.45, 2.75) is 4.90 Å². The summed E-state index contributed by atoms with van der Waals surface area (Å²) in [5.74, 6) is 0.0253. The number of ether oxygens (including phenoxy) is 2. The van der Waals surface area contributed by atoms with Crippen molar-refractivity contribution in [3.8, 4) is 17.4 Å². The van der Waals surface area contributed by atoms with E-state index in [9.17, 15) is 13.2 Å². The molecule has 4 rings (SSSR count). The van der Waals surface area contributed by atoms with Crippen molar-refractivity contribution in [2.24, 2.45) is 5.14 Å². The molecule has 0 spiro atoms. The smallest absolute Gasteiger partial charge is 0.279 e. The van der Waals surface area contributed by atoms with E-state index < -0.39 is 15.9 Å². The number of rotatable bonds is 6. The second-order valence-electron chi connectivity index (χ2n) is 6.79. The topological polar surface area (TPSA) is 134 Å². The first-order valence-electron chi connectivity index (χ1n) is 9.47. The first kappa shape index (κ1) is 22.5. The zero-order chi connectivity index (χ0) is 23.6. The number of anilines is 1. The van der Waals surface area contributed by atoms with Gasteiger partial charge in [-0.3, -0.25) is 4.79 Å². The Bertz CT molecular complexity index is 1480. The number of hydrogen-bond donors (Lipinski definition) is 2. The number of halogens is 1. The number of methoxy groups -OCH3 is 1. The highest BCUT2D eigenvalue weighted by atomic mass is 35.5. The molecular weight excluding hydrogens is 468 g/mol. The maximum absolute atomic E-state index is 13.1. The quantitative estimate of drug-likeness (QED) is 0.422. The van der Waals surface area contributed by atoms with Gasteiger partial charge in [-0.1, -0.05) is 29.8 Å². The fraction of sp³-hybridized carbons (Fsp3) is 0.0455. The van der Waals surface area contributed by atoms with Crippen LogP contribution in [-0.2, 0) is 10.0 Å². The van der Waals surface area contributed by atoms with Crippen LogP contribution in [0, 0.1) is 0 Å². The fourth-order valence-corrected chi connectivity index (χ4v) is 3.71. The molecule has 0 aliphatic heterocycles. The van der Waals surface area contributed by atoms with Crippen LogP contribution in [0.2, 0.25) is 5.02 Å². The van der Waals surface area contributed by atoms with Gasteiger partial charge in [-0.2, -0.15) is 0 Å². The van der Waals surface area contributed by atoms with E-state index in [1.807, 2.05) is 0 Å². The number of nitrogens with one attached hydrogen (secondary N) is 1. The molecule has 0 bridgehead atoms. The molecule has 0 fully saturated rings. The Balaban J connectivity index is 1.74. The molecule has 0 unspecified atom stereocenters. The Morgan fingerprint density at radius 3 is 2.39 bits per heavy atom. The second-order valence-corrected chi connectivity index (χ2v) is 8.76. The van der Waals surface area contributed by atoms with Gasteiger partial charge in [-0.05, 0) is 42.5 Å². The molecule has 0 aliphatic carbocycles. The van der Waals surface area contributed by atoms with Gasteiger partial charge >= 0.3 is 0 Å². The zero-order valence-corrected chi connectivity index (χ0v) is 18.7. The van der Waals surface area contributed by atoms with Crippen LogP contribution in [0.25, 0.3) is 11.0 Å². The predicted octanol–water partition coefficient (Wildman–Crippen LogP) is 3.98. The molecule has 0 saturated heterocycles. The summed E-state index contributed by atoms with van der Waals surface area (Å²) >= 11 is 6.28. The number of hydrogen-bond acceptors (Lipinski definition) is 7. The average molecular weight is 485 g/mol. The molecule has 33 heavy (non-hydrogen) atoms. The molecule has 3 N–H and O–H groups in total. The van der Waals surface area contributed by atoms with E-state index in [4.69, 9.17) is 26.2 Å². The lowest BCUT2D eigenvalue weighted by molar-refractivity contribution is 0.101. The Morgan fingerprint density at radius 2 is 1.73 bits per heavy atom. The van der Waals surface area contributed by atoms with Crippen molar-refractivity contribution in [3.63, 3.8) is 0 Å². The molecule has 0 saturated carbocycles. The van der Waals surface area contributed by atoms with Gasteiger partial charge in [0.05, 0.1) is 28.1 Å². The van der Waals surface area contributed by atoms with E-state index in [0.717, 1.165) is 0 Å². The number of nitrogens with zero attached hydrogens (tertiary/aromatic N) is 2. The highest BCUT2D eigenvalue weighted by molar-refractivity contribution is 7.89. The normalized spacial score (nSPS) is 11.2. The predicted molar refractivity (Wildman–Crippen MR) is 123 cm³/mol. The minimum Gasteiger partial charge on any atom is -0.497 e. The lowest BCUT2D eigenvalue weighted by Crippen LogP contribution is -2.17. The number of primary sulfonamides is 1. The van der Waals surface area contributed by atoms with Gasteiger partial charge in [0.25, 0.3) is 11.8 Å². The van der Waals surface area contributed by atoms with Crippen LogP contribution in [0.3, 0.4) is 0 Å². The number of amides is 1. The van der Waals surface area contributed by atoms with Crippen molar-refractivity contribution in [1.29, 1.82) is 0 Å². The van der Waals surface area contributed by atoms with Crippen molar-refractivity contribution in [2.75, 3.05) is 12.4 Å². The third-order valence-electron chi connectivity index (χ3n) is 4.52. The minimum absolute atomic E-state index is 0.0825. The molecule has 0 atom stereocenters. The average Bonchev–Trinajstić information content (AvgIpc) is 2.79. The van der Waals surface area contributed by atoms with E-state index in [-0.39, 0.29) is 32.9 Å². The Labute approximate surface area is 194 Å². The highest BCUT2D eigenvalue weighted by Gasteiger charge is 2.20. The Hall–Kier alpha value is -3.73. The van der Waals surface area contributed by atoms with Gasteiger partial charge in [0.15, 0.2) is 5.69 Å². The third-order valence-corrected chi connectivity index (χ3v) is 5.73. The standard InChI is InChI=1S/C22H17ClN4O5S/c1-31-14-9-10-19(16(23)12-14)32-22-20(26-17-7-2-3-8-18(17)27-22)21(28)25-13-5-4-6-15(11-13)33(24,29)30/h2-12H,1H3,(H,25,28)(H2,24,29,30). The maximum atomic E-state index is 13.1. The second kappa shape index (κ2) is 9.02. The molecule has 3 aromatic carbocycles. The largest absolute Gasteiger partial charge is 0.497 e. The SMILES string of the molecule is COc1ccc(Oc2nc3ccccc3nc2C(=O)Nc2cccc(S(N)(=O)=O)c2)c(Cl)c1. The lowest BCUT2D eigenvalue weighted by atomic mass is 10.2. The summed E-state index contributed by atoms with van der Waals surface area (Å²) in [7, 11) is -2.43. The highest BCUT2D eigenvalue weighted by Crippen LogP contribution is 2.33. The summed E-state index contributed by atoms with van der Waals surface area (Å²) < 4.78 is 34.2. The summed E-state index contributed by atoms with van der Waals surface area (Å²) in [4.78, 5) is 21.8. The molecule has 4 aromatic rings. The third kappa shape index (κ3) is 5.03. The fourth-order valence-electron chi connectivity index (χ4n) is 2.94. The van der Waals surface area contributed by atoms with E-state index in [0.29, 0.717) is 16.8 Å². The summed E-state index contributed by atoms with van der Waals surface area (Å²) in [6.07, 6.45) is 0. The number of para-hydroxylation sites is 2. The van der Waals surface area contributed by atoms with Crippen LogP contribution >= 0.6 is 11.6 Å². The monoisotopic (exact) mass is 484 g/mol. The van der Waals surface area contributed by atoms with Gasteiger partial charge in [0.1, 0.15) is 11.5 Å². The number of nitrogens with two attached hydrogens (primary N) is 1. The van der Waals surface area contributed by atoms with Crippen molar-refractivity contribution in [3.05, 3.63) is 77.4 Å². The Kier molecular flexibility index (Phi) is 6.14. The van der Waals surface area contributed by atoms with E-state index in [1.165, 1.54) is 31.4 Å². The summed E-state index contributed by atoms with van der Waals surface area (Å²) in [6.45, 7) is 0. The summed E-state index contributed by atoms with van der Waals surface area (Å²) in [5, 5.41) is 8.02. The number of aromatic nitrogens is 2. The molecule has 168 valence electrons. The molecule has 11 heteroatoms. The molecule has 9 nitrogen and oxygen atoms in total. The molecule has 1 amide bonds. The van der Waals surface area contributed by atoms with Crippen molar-refractivity contribution < 1.29 is 22.7 Å². The van der Waals surface area contributed by atoms with Crippen LogP contribution in [-0.4, -0.2) is 31.4 Å². The van der Waals surface area contributed by atoms with Gasteiger partial charge in [0, 0.05) is 11.8 Å². The Morgan fingerprint density at radius 1 is 1.00 bits per heavy atom. The molecule has 1 aromatic heterocycles. The van der Waals surface area contributed by atoms with Crippen LogP contribution in [0.4, 0.5) is 5.69 Å². The van der Waals surface area contributed by atoms with E-state index >= 15 is 0 Å². The number of fused-ring (bicyclic) bond motifs is 1. The number of benzene rings is 3. The minimum atomic E-state index is -3.94. The molecule has 1 heterocycles.